The molecule has 0 aliphatic rings. The molecule has 4 N–H and O–H groups in total. The molecule has 15 heavy (non-hydrogen) atoms. The lowest BCUT2D eigenvalue weighted by Crippen LogP contribution is -2.09. The van der Waals surface area contributed by atoms with Crippen LogP contribution in [0, 0.1) is 0 Å². The van der Waals surface area contributed by atoms with Crippen molar-refractivity contribution in [2.75, 3.05) is 17.6 Å². The van der Waals surface area contributed by atoms with Gasteiger partial charge in [-0.3, -0.25) is 5.10 Å². The molecule has 0 fully saturated rings. The second kappa shape index (κ2) is 4.36. The van der Waals surface area contributed by atoms with Gasteiger partial charge in [0.2, 0.25) is 0 Å². The van der Waals surface area contributed by atoms with Gasteiger partial charge in [-0.2, -0.15) is 5.10 Å². The molecule has 0 saturated carbocycles. The Bertz CT molecular complexity index is 411. The number of nitrogens with two attached hydrogens (primary N) is 1. The van der Waals surface area contributed by atoms with Crippen LogP contribution in [0.3, 0.4) is 0 Å². The van der Waals surface area contributed by atoms with Crippen molar-refractivity contribution in [2.45, 2.75) is 6.42 Å². The average molecular weight is 205 g/mol. The maximum absolute atomic E-state index is 5.66. The third-order valence-electron chi connectivity index (χ3n) is 1.86. The maximum atomic E-state index is 5.66. The molecule has 2 aromatic rings. The minimum atomic E-state index is 0.537. The molecule has 7 nitrogen and oxygen atoms in total. The molecular formula is C8H11N7. The Morgan fingerprint density at radius 2 is 2.27 bits per heavy atom. The van der Waals surface area contributed by atoms with Crippen LogP contribution >= 0.6 is 0 Å². The quantitative estimate of drug-likeness (QED) is 0.640. The molecule has 0 saturated heterocycles. The van der Waals surface area contributed by atoms with Crippen LogP contribution in [-0.2, 0) is 6.42 Å². The van der Waals surface area contributed by atoms with Crippen LogP contribution in [0.15, 0.2) is 18.9 Å². The van der Waals surface area contributed by atoms with E-state index in [9.17, 15) is 0 Å². The summed E-state index contributed by atoms with van der Waals surface area (Å²) in [5, 5.41) is 9.61. The summed E-state index contributed by atoms with van der Waals surface area (Å²) in [6, 6.07) is 0. The number of aromatic nitrogens is 5. The van der Waals surface area contributed by atoms with E-state index in [1.54, 1.807) is 6.20 Å². The summed E-state index contributed by atoms with van der Waals surface area (Å²) in [5.41, 5.74) is 6.19. The molecule has 2 heterocycles. The van der Waals surface area contributed by atoms with Crippen molar-refractivity contribution >= 4 is 11.5 Å². The van der Waals surface area contributed by atoms with Gasteiger partial charge in [-0.15, -0.1) is 0 Å². The number of H-pyrrole nitrogens is 1. The molecule has 0 amide bonds. The first-order chi connectivity index (χ1) is 7.36. The van der Waals surface area contributed by atoms with E-state index < -0.39 is 0 Å². The highest BCUT2D eigenvalue weighted by Gasteiger charge is 1.99. The van der Waals surface area contributed by atoms with Crippen molar-refractivity contribution in [3.8, 4) is 0 Å². The summed E-state index contributed by atoms with van der Waals surface area (Å²) in [6.07, 6.45) is 5.23. The summed E-state index contributed by atoms with van der Waals surface area (Å²) >= 11 is 0. The predicted molar refractivity (Wildman–Crippen MR) is 55.0 cm³/mol. The summed E-state index contributed by atoms with van der Waals surface area (Å²) in [4.78, 5) is 11.8. The van der Waals surface area contributed by atoms with Crippen molar-refractivity contribution in [1.82, 2.24) is 25.1 Å². The molecule has 7 heteroatoms. The van der Waals surface area contributed by atoms with Gasteiger partial charge in [0.15, 0.2) is 5.82 Å². The molecule has 0 spiro atoms. The van der Waals surface area contributed by atoms with Gasteiger partial charge in [-0.25, -0.2) is 15.0 Å². The Hall–Kier alpha value is -2.18. The molecule has 0 radical (unpaired) electrons. The van der Waals surface area contributed by atoms with E-state index in [-0.39, 0.29) is 0 Å². The lowest BCUT2D eigenvalue weighted by molar-refractivity contribution is 0.896. The Kier molecular flexibility index (Phi) is 2.72. The van der Waals surface area contributed by atoms with E-state index in [0.29, 0.717) is 18.1 Å². The molecule has 0 aliphatic carbocycles. The van der Waals surface area contributed by atoms with Gasteiger partial charge < -0.3 is 11.1 Å². The summed E-state index contributed by atoms with van der Waals surface area (Å²) in [5.74, 6) is 1.47. The van der Waals surface area contributed by atoms with Gasteiger partial charge in [-0.05, 0) is 0 Å². The number of nitrogens with one attached hydrogen (secondary N) is 2. The largest absolute Gasteiger partial charge is 0.394 e. The highest BCUT2D eigenvalue weighted by Crippen LogP contribution is 2.10. The lowest BCUT2D eigenvalue weighted by Gasteiger charge is -2.05. The van der Waals surface area contributed by atoms with Gasteiger partial charge >= 0.3 is 0 Å². The number of nitrogens with zero attached hydrogens (tertiary/aromatic N) is 4. The summed E-state index contributed by atoms with van der Waals surface area (Å²) in [6.45, 7) is 0.691. The number of nitrogen functional groups attached to an aromatic ring is 1. The van der Waals surface area contributed by atoms with Crippen LogP contribution in [0.25, 0.3) is 0 Å². The van der Waals surface area contributed by atoms with Gasteiger partial charge in [0.1, 0.15) is 18.5 Å². The second-order valence-electron chi connectivity index (χ2n) is 2.94. The lowest BCUT2D eigenvalue weighted by atomic mass is 10.4. The van der Waals surface area contributed by atoms with E-state index in [4.69, 9.17) is 5.73 Å². The van der Waals surface area contributed by atoms with E-state index in [1.807, 2.05) is 0 Å². The van der Waals surface area contributed by atoms with Crippen molar-refractivity contribution in [2.24, 2.45) is 0 Å². The molecule has 0 aromatic carbocycles. The van der Waals surface area contributed by atoms with Crippen molar-refractivity contribution in [3.05, 3.63) is 24.7 Å². The summed E-state index contributed by atoms with van der Waals surface area (Å²) < 4.78 is 0. The standard InChI is InChI=1S/C8H11N7/c9-6-3-10-4-13-8(6)11-2-1-7-12-5-14-15-7/h3-5H,1-2,9H2,(H,10,11,13)(H,12,14,15). The fourth-order valence-corrected chi connectivity index (χ4v) is 1.14. The molecule has 0 atom stereocenters. The van der Waals surface area contributed by atoms with E-state index in [2.05, 4.69) is 30.5 Å². The third kappa shape index (κ3) is 2.39. The van der Waals surface area contributed by atoms with Gasteiger partial charge in [-0.1, -0.05) is 0 Å². The number of hydrogen-bond acceptors (Lipinski definition) is 6. The highest BCUT2D eigenvalue weighted by atomic mass is 15.2. The Balaban J connectivity index is 1.86. The molecule has 0 aliphatic heterocycles. The first-order valence-corrected chi connectivity index (χ1v) is 4.50. The van der Waals surface area contributed by atoms with E-state index in [1.165, 1.54) is 12.7 Å². The maximum Gasteiger partial charge on any atom is 0.152 e. The first-order valence-electron chi connectivity index (χ1n) is 4.50. The third-order valence-corrected chi connectivity index (χ3v) is 1.86. The SMILES string of the molecule is Nc1cncnc1NCCc1ncn[nH]1. The van der Waals surface area contributed by atoms with E-state index >= 15 is 0 Å². The Morgan fingerprint density at radius 1 is 1.33 bits per heavy atom. The van der Waals surface area contributed by atoms with Crippen LogP contribution in [0.4, 0.5) is 11.5 Å². The number of aromatic amines is 1. The average Bonchev–Trinajstić information content (AvgIpc) is 2.74. The van der Waals surface area contributed by atoms with Crippen molar-refractivity contribution in [3.63, 3.8) is 0 Å². The van der Waals surface area contributed by atoms with Crippen LogP contribution in [0.1, 0.15) is 5.82 Å². The topological polar surface area (TPSA) is 105 Å². The normalized spacial score (nSPS) is 10.1. The minimum absolute atomic E-state index is 0.537. The van der Waals surface area contributed by atoms with E-state index in [0.717, 1.165) is 12.2 Å². The van der Waals surface area contributed by atoms with Gasteiger partial charge in [0.05, 0.1) is 11.9 Å². The number of rotatable bonds is 4. The first kappa shape index (κ1) is 9.38. The zero-order valence-corrected chi connectivity index (χ0v) is 8.01. The van der Waals surface area contributed by atoms with Gasteiger partial charge in [0, 0.05) is 13.0 Å². The fourth-order valence-electron chi connectivity index (χ4n) is 1.14. The molecule has 2 aromatic heterocycles. The van der Waals surface area contributed by atoms with Crippen LogP contribution in [0.5, 0.6) is 0 Å². The Morgan fingerprint density at radius 3 is 3.00 bits per heavy atom. The minimum Gasteiger partial charge on any atom is -0.394 e. The Labute approximate surface area is 86.2 Å². The number of anilines is 2. The van der Waals surface area contributed by atoms with Crippen molar-refractivity contribution < 1.29 is 0 Å². The van der Waals surface area contributed by atoms with Crippen LogP contribution in [-0.4, -0.2) is 31.7 Å². The monoisotopic (exact) mass is 205 g/mol. The molecule has 2 rings (SSSR count). The second-order valence-corrected chi connectivity index (χ2v) is 2.94. The van der Waals surface area contributed by atoms with Gasteiger partial charge in [0.25, 0.3) is 0 Å². The van der Waals surface area contributed by atoms with Crippen molar-refractivity contribution in [1.29, 1.82) is 0 Å². The molecule has 0 unspecified atom stereocenters. The van der Waals surface area contributed by atoms with Crippen LogP contribution < -0.4 is 11.1 Å². The molecule has 78 valence electrons. The fraction of sp³-hybridized carbons (Fsp3) is 0.250. The smallest absolute Gasteiger partial charge is 0.152 e. The van der Waals surface area contributed by atoms with Crippen LogP contribution in [0.2, 0.25) is 0 Å². The number of hydrogen-bond donors (Lipinski definition) is 3. The molecule has 0 bridgehead atoms. The zero-order chi connectivity index (χ0) is 10.5. The predicted octanol–water partition coefficient (Wildman–Crippen LogP) is -0.169. The summed E-state index contributed by atoms with van der Waals surface area (Å²) in [7, 11) is 0. The zero-order valence-electron chi connectivity index (χ0n) is 8.01. The molecular weight excluding hydrogens is 194 g/mol. The highest BCUT2D eigenvalue weighted by molar-refractivity contribution is 5.58.